The van der Waals surface area contributed by atoms with Crippen molar-refractivity contribution < 1.29 is 9.59 Å². The van der Waals surface area contributed by atoms with Crippen LogP contribution in [-0.2, 0) is 16.0 Å². The van der Waals surface area contributed by atoms with Crippen molar-refractivity contribution in [3.63, 3.8) is 0 Å². The molecule has 0 bridgehead atoms. The van der Waals surface area contributed by atoms with E-state index in [-0.39, 0.29) is 11.8 Å². The van der Waals surface area contributed by atoms with Crippen molar-refractivity contribution in [2.75, 3.05) is 13.1 Å². The monoisotopic (exact) mass is 260 g/mol. The number of rotatable bonds is 5. The minimum atomic E-state index is -0.0982. The summed E-state index contributed by atoms with van der Waals surface area (Å²) in [4.78, 5) is 29.5. The first-order valence-corrected chi connectivity index (χ1v) is 6.08. The summed E-state index contributed by atoms with van der Waals surface area (Å²) in [5.41, 5.74) is 2.73. The molecule has 3 N–H and O–H groups in total. The zero-order valence-corrected chi connectivity index (χ0v) is 10.7. The van der Waals surface area contributed by atoms with Crippen molar-refractivity contribution >= 4 is 22.8 Å². The fourth-order valence-electron chi connectivity index (χ4n) is 1.78. The second kappa shape index (κ2) is 5.99. The number of imidazole rings is 1. The van der Waals surface area contributed by atoms with Crippen LogP contribution in [0.3, 0.4) is 0 Å². The molecule has 6 heteroatoms. The highest BCUT2D eigenvalue weighted by atomic mass is 16.2. The Balaban J connectivity index is 1.82. The Morgan fingerprint density at radius 3 is 2.84 bits per heavy atom. The van der Waals surface area contributed by atoms with Crippen molar-refractivity contribution in [3.8, 4) is 0 Å². The molecule has 2 rings (SSSR count). The first kappa shape index (κ1) is 13.1. The van der Waals surface area contributed by atoms with Gasteiger partial charge in [0.1, 0.15) is 0 Å². The number of aromatic nitrogens is 2. The van der Waals surface area contributed by atoms with E-state index in [0.29, 0.717) is 19.5 Å². The highest BCUT2D eigenvalue weighted by molar-refractivity contribution is 5.81. The van der Waals surface area contributed by atoms with Gasteiger partial charge in [0.05, 0.1) is 23.8 Å². The lowest BCUT2D eigenvalue weighted by Crippen LogP contribution is -2.34. The maximum absolute atomic E-state index is 11.7. The van der Waals surface area contributed by atoms with E-state index in [1.54, 1.807) is 6.33 Å². The number of carbonyl (C=O) groups excluding carboxylic acids is 2. The first-order chi connectivity index (χ1) is 9.15. The van der Waals surface area contributed by atoms with E-state index in [0.717, 1.165) is 16.6 Å². The van der Waals surface area contributed by atoms with E-state index in [1.807, 2.05) is 18.2 Å². The van der Waals surface area contributed by atoms with Gasteiger partial charge in [-0.2, -0.15) is 0 Å². The molecule has 0 aliphatic carbocycles. The molecule has 0 spiro atoms. The zero-order valence-electron chi connectivity index (χ0n) is 10.7. The van der Waals surface area contributed by atoms with Crippen molar-refractivity contribution in [3.05, 3.63) is 30.1 Å². The fourth-order valence-corrected chi connectivity index (χ4v) is 1.78. The molecule has 0 fully saturated rings. The van der Waals surface area contributed by atoms with Gasteiger partial charge in [0.2, 0.25) is 11.8 Å². The third-order valence-electron chi connectivity index (χ3n) is 2.67. The number of amides is 2. The molecule has 1 heterocycles. The third-order valence-corrected chi connectivity index (χ3v) is 2.67. The molecule has 0 radical (unpaired) electrons. The molecule has 100 valence electrons. The Morgan fingerprint density at radius 2 is 2.05 bits per heavy atom. The van der Waals surface area contributed by atoms with Crippen LogP contribution < -0.4 is 10.6 Å². The lowest BCUT2D eigenvalue weighted by Gasteiger charge is -2.05. The highest BCUT2D eigenvalue weighted by Gasteiger charge is 2.04. The predicted molar refractivity (Wildman–Crippen MR) is 71.5 cm³/mol. The lowest BCUT2D eigenvalue weighted by atomic mass is 10.1. The quantitative estimate of drug-likeness (QED) is 0.678. The van der Waals surface area contributed by atoms with E-state index >= 15 is 0 Å². The molecule has 2 aromatic rings. The Hall–Kier alpha value is -2.37. The van der Waals surface area contributed by atoms with Gasteiger partial charge in [-0.05, 0) is 17.7 Å². The normalized spacial score (nSPS) is 10.4. The number of benzene rings is 1. The topological polar surface area (TPSA) is 86.9 Å². The van der Waals surface area contributed by atoms with Gasteiger partial charge in [-0.1, -0.05) is 6.07 Å². The number of nitrogens with zero attached hydrogens (tertiary/aromatic N) is 1. The maximum Gasteiger partial charge on any atom is 0.224 e. The predicted octanol–water partition coefficient (Wildman–Crippen LogP) is 0.358. The SMILES string of the molecule is CC(=O)NCCNC(=O)Cc1ccc2nc[nH]c2c1. The summed E-state index contributed by atoms with van der Waals surface area (Å²) in [6, 6.07) is 5.68. The van der Waals surface area contributed by atoms with Gasteiger partial charge in [0, 0.05) is 20.0 Å². The Bertz CT molecular complexity index is 591. The fraction of sp³-hybridized carbons (Fsp3) is 0.308. The Kier molecular flexibility index (Phi) is 4.12. The maximum atomic E-state index is 11.7. The summed E-state index contributed by atoms with van der Waals surface area (Å²) in [6.45, 7) is 2.33. The van der Waals surface area contributed by atoms with Crippen LogP contribution >= 0.6 is 0 Å². The number of hydrogen-bond acceptors (Lipinski definition) is 3. The largest absolute Gasteiger partial charge is 0.355 e. The van der Waals surface area contributed by atoms with Crippen LogP contribution in [0, 0.1) is 0 Å². The van der Waals surface area contributed by atoms with E-state index in [1.165, 1.54) is 6.92 Å². The summed E-state index contributed by atoms with van der Waals surface area (Å²) < 4.78 is 0. The molecular formula is C13H16N4O2. The molecule has 0 saturated carbocycles. The van der Waals surface area contributed by atoms with E-state index < -0.39 is 0 Å². The molecule has 0 aliphatic heterocycles. The smallest absolute Gasteiger partial charge is 0.224 e. The molecule has 0 aliphatic rings. The van der Waals surface area contributed by atoms with Gasteiger partial charge >= 0.3 is 0 Å². The zero-order chi connectivity index (χ0) is 13.7. The summed E-state index contributed by atoms with van der Waals surface area (Å²) in [7, 11) is 0. The molecule has 19 heavy (non-hydrogen) atoms. The van der Waals surface area contributed by atoms with Crippen molar-refractivity contribution in [2.24, 2.45) is 0 Å². The van der Waals surface area contributed by atoms with Crippen LogP contribution in [0.5, 0.6) is 0 Å². The van der Waals surface area contributed by atoms with Crippen molar-refractivity contribution in [1.29, 1.82) is 0 Å². The van der Waals surface area contributed by atoms with Crippen molar-refractivity contribution in [1.82, 2.24) is 20.6 Å². The van der Waals surface area contributed by atoms with E-state index in [2.05, 4.69) is 20.6 Å². The van der Waals surface area contributed by atoms with Gasteiger partial charge in [0.25, 0.3) is 0 Å². The second-order valence-electron chi connectivity index (χ2n) is 4.26. The van der Waals surface area contributed by atoms with Crippen LogP contribution in [0.1, 0.15) is 12.5 Å². The Morgan fingerprint density at radius 1 is 1.26 bits per heavy atom. The Labute approximate surface area is 110 Å². The molecule has 2 amide bonds. The summed E-state index contributed by atoms with van der Waals surface area (Å²) >= 11 is 0. The minimum absolute atomic E-state index is 0.0655. The van der Waals surface area contributed by atoms with Gasteiger partial charge in [-0.25, -0.2) is 4.98 Å². The minimum Gasteiger partial charge on any atom is -0.355 e. The second-order valence-corrected chi connectivity index (χ2v) is 4.26. The summed E-state index contributed by atoms with van der Waals surface area (Å²) in [6.07, 6.45) is 1.94. The number of carbonyl (C=O) groups is 2. The van der Waals surface area contributed by atoms with Crippen LogP contribution in [0.25, 0.3) is 11.0 Å². The summed E-state index contributed by atoms with van der Waals surface area (Å²) in [5.74, 6) is -0.164. The van der Waals surface area contributed by atoms with Gasteiger partial charge in [-0.3, -0.25) is 9.59 Å². The van der Waals surface area contributed by atoms with Crippen LogP contribution in [0.2, 0.25) is 0 Å². The molecule has 1 aromatic heterocycles. The number of aromatic amines is 1. The number of H-pyrrole nitrogens is 1. The standard InChI is InChI=1S/C13H16N4O2/c1-9(18)14-4-5-15-13(19)7-10-2-3-11-12(6-10)17-8-16-11/h2-3,6,8H,4-5,7H2,1H3,(H,14,18)(H,15,19)(H,16,17). The molecule has 0 atom stereocenters. The van der Waals surface area contributed by atoms with Gasteiger partial charge in [-0.15, -0.1) is 0 Å². The van der Waals surface area contributed by atoms with Crippen molar-refractivity contribution in [2.45, 2.75) is 13.3 Å². The summed E-state index contributed by atoms with van der Waals surface area (Å²) in [5, 5.41) is 5.37. The molecule has 6 nitrogen and oxygen atoms in total. The van der Waals surface area contributed by atoms with Gasteiger partial charge < -0.3 is 15.6 Å². The third kappa shape index (κ3) is 3.80. The van der Waals surface area contributed by atoms with E-state index in [4.69, 9.17) is 0 Å². The van der Waals surface area contributed by atoms with Crippen LogP contribution in [0.4, 0.5) is 0 Å². The molecule has 0 saturated heterocycles. The average Bonchev–Trinajstić information content (AvgIpc) is 2.82. The lowest BCUT2D eigenvalue weighted by molar-refractivity contribution is -0.121. The highest BCUT2D eigenvalue weighted by Crippen LogP contribution is 2.11. The van der Waals surface area contributed by atoms with Crippen LogP contribution in [-0.4, -0.2) is 34.9 Å². The number of nitrogens with one attached hydrogen (secondary N) is 3. The van der Waals surface area contributed by atoms with Gasteiger partial charge in [0.15, 0.2) is 0 Å². The van der Waals surface area contributed by atoms with Crippen LogP contribution in [0.15, 0.2) is 24.5 Å². The molecular weight excluding hydrogens is 244 g/mol. The number of fused-ring (bicyclic) bond motifs is 1. The molecule has 1 aromatic carbocycles. The number of hydrogen-bond donors (Lipinski definition) is 3. The van der Waals surface area contributed by atoms with E-state index in [9.17, 15) is 9.59 Å². The average molecular weight is 260 g/mol. The molecule has 0 unspecified atom stereocenters. The first-order valence-electron chi connectivity index (χ1n) is 6.08.